The molecule has 0 radical (unpaired) electrons. The Hall–Kier alpha value is -3.91. The quantitative estimate of drug-likeness (QED) is 0.161. The van der Waals surface area contributed by atoms with Crippen LogP contribution in [0.25, 0.3) is 0 Å². The normalized spacial score (nSPS) is 9.12. The number of isocyanates is 1. The van der Waals surface area contributed by atoms with Crippen LogP contribution in [0.3, 0.4) is 0 Å². The highest BCUT2D eigenvalue weighted by molar-refractivity contribution is 5.87. The predicted molar refractivity (Wildman–Crippen MR) is 79.6 cm³/mol. The molecule has 0 spiro atoms. The number of nitriles is 1. The van der Waals surface area contributed by atoms with Gasteiger partial charge < -0.3 is 25.1 Å². The van der Waals surface area contributed by atoms with Crippen molar-refractivity contribution in [2.75, 3.05) is 18.7 Å². The molecule has 0 saturated carbocycles. The molecular weight excluding hydrogens is 338 g/mol. The summed E-state index contributed by atoms with van der Waals surface area (Å²) >= 11 is 0. The summed E-state index contributed by atoms with van der Waals surface area (Å²) < 4.78 is 9.03. The number of H-pyrrole nitrogens is 1. The van der Waals surface area contributed by atoms with Gasteiger partial charge in [0.2, 0.25) is 12.0 Å². The fraction of sp³-hybridized carbons (Fsp3) is 0.333. The molecule has 25 heavy (non-hydrogen) atoms. The molecule has 0 saturated heterocycles. The molecule has 13 heteroatoms. The molecule has 0 bridgehead atoms. The van der Waals surface area contributed by atoms with Crippen molar-refractivity contribution in [3.05, 3.63) is 21.6 Å². The number of ether oxygens (including phenoxy) is 2. The molecule has 0 aromatic carbocycles. The minimum Gasteiger partial charge on any atom is -0.444 e. The Morgan fingerprint density at radius 2 is 2.16 bits per heavy atom. The Bertz CT molecular complexity index is 777. The summed E-state index contributed by atoms with van der Waals surface area (Å²) in [5.41, 5.74) is -0.353. The van der Waals surface area contributed by atoms with Crippen LogP contribution in [0, 0.1) is 18.4 Å². The zero-order chi connectivity index (χ0) is 18.7. The van der Waals surface area contributed by atoms with E-state index in [1.807, 2.05) is 0 Å². The van der Waals surface area contributed by atoms with E-state index in [-0.39, 0.29) is 31.5 Å². The first-order valence-corrected chi connectivity index (χ1v) is 6.57. The zero-order valence-corrected chi connectivity index (χ0v) is 12.9. The van der Waals surface area contributed by atoms with Crippen molar-refractivity contribution in [1.29, 1.82) is 5.26 Å². The number of rotatable bonds is 7. The molecule has 0 aliphatic carbocycles. The van der Waals surface area contributed by atoms with Crippen molar-refractivity contribution < 1.29 is 23.9 Å². The van der Waals surface area contributed by atoms with Crippen LogP contribution >= 0.6 is 0 Å². The van der Waals surface area contributed by atoms with Crippen LogP contribution in [0.2, 0.25) is 0 Å². The van der Waals surface area contributed by atoms with Gasteiger partial charge in [-0.1, -0.05) is 0 Å². The van der Waals surface area contributed by atoms with Gasteiger partial charge >= 0.3 is 12.1 Å². The lowest BCUT2D eigenvalue weighted by Gasteiger charge is -2.09. The topological polar surface area (TPSA) is 188 Å². The lowest BCUT2D eigenvalue weighted by molar-refractivity contribution is 0.139. The lowest BCUT2D eigenvalue weighted by Crippen LogP contribution is -2.32. The molecule has 0 atom stereocenters. The van der Waals surface area contributed by atoms with Gasteiger partial charge in [-0.05, 0) is 6.92 Å². The number of aliphatic imine (C=N–C) groups is 1. The third-order valence-electron chi connectivity index (χ3n) is 2.55. The molecule has 1 heterocycles. The Labute approximate surface area is 140 Å². The van der Waals surface area contributed by atoms with Crippen LogP contribution < -0.4 is 21.5 Å². The minimum atomic E-state index is -0.892. The number of carbonyl (C=O) groups excluding carboxylic acids is 3. The Morgan fingerprint density at radius 1 is 1.40 bits per heavy atom. The molecule has 1 aromatic rings. The van der Waals surface area contributed by atoms with Crippen molar-refractivity contribution in [2.45, 2.75) is 13.5 Å². The summed E-state index contributed by atoms with van der Waals surface area (Å²) in [6, 6.07) is -0.753. The number of aromatic amines is 1. The third-order valence-corrected chi connectivity index (χ3v) is 2.55. The van der Waals surface area contributed by atoms with E-state index in [1.165, 1.54) is 19.3 Å². The molecule has 3 amide bonds. The summed E-state index contributed by atoms with van der Waals surface area (Å²) in [5, 5.41) is 14.7. The molecule has 1 aromatic heterocycles. The molecular formula is C12H13N7O6. The first-order valence-electron chi connectivity index (χ1n) is 6.57. The third kappa shape index (κ3) is 6.80. The number of carbonyl (C=O) groups is 2. The van der Waals surface area contributed by atoms with E-state index in [0.717, 1.165) is 0 Å². The number of alkyl carbamates (subject to hydrolysis) is 1. The summed E-state index contributed by atoms with van der Waals surface area (Å²) in [7, 11) is 0. The molecule has 132 valence electrons. The smallest absolute Gasteiger partial charge is 0.408 e. The summed E-state index contributed by atoms with van der Waals surface area (Å²) in [4.78, 5) is 53.8. The fourth-order valence-electron chi connectivity index (χ4n) is 1.45. The number of aryl methyl sites for hydroxylation is 1. The van der Waals surface area contributed by atoms with Crippen molar-refractivity contribution in [2.24, 2.45) is 4.99 Å². The van der Waals surface area contributed by atoms with Crippen LogP contribution in [0.4, 0.5) is 15.5 Å². The van der Waals surface area contributed by atoms with Crippen LogP contribution in [0.15, 0.2) is 9.79 Å². The van der Waals surface area contributed by atoms with Gasteiger partial charge in [0, 0.05) is 5.69 Å². The van der Waals surface area contributed by atoms with Crippen molar-refractivity contribution in [1.82, 2.24) is 20.6 Å². The molecule has 0 unspecified atom stereocenters. The largest absolute Gasteiger partial charge is 0.444 e. The number of hydrogen-bond acceptors (Lipinski definition) is 9. The van der Waals surface area contributed by atoms with Crippen molar-refractivity contribution in [3.63, 3.8) is 0 Å². The molecule has 4 N–H and O–H groups in total. The molecule has 1 rings (SSSR count). The minimum absolute atomic E-state index is 0.0628. The van der Waals surface area contributed by atoms with Crippen LogP contribution in [-0.4, -0.2) is 41.6 Å². The highest BCUT2D eigenvalue weighted by Crippen LogP contribution is 2.04. The molecule has 0 aliphatic rings. The molecule has 13 nitrogen and oxygen atoms in total. The first kappa shape index (κ1) is 19.1. The van der Waals surface area contributed by atoms with Gasteiger partial charge in [-0.3, -0.25) is 10.1 Å². The Morgan fingerprint density at radius 3 is 2.80 bits per heavy atom. The summed E-state index contributed by atoms with van der Waals surface area (Å²) in [6.45, 7) is 0.482. The maximum absolute atomic E-state index is 11.9. The van der Waals surface area contributed by atoms with Gasteiger partial charge in [0.25, 0.3) is 11.8 Å². The summed E-state index contributed by atoms with van der Waals surface area (Å²) in [6.07, 6.45) is 1.70. The number of anilines is 1. The van der Waals surface area contributed by atoms with Gasteiger partial charge in [-0.2, -0.15) is 15.2 Å². The van der Waals surface area contributed by atoms with Gasteiger partial charge in [-0.25, -0.2) is 14.4 Å². The van der Waals surface area contributed by atoms with Gasteiger partial charge in [0.05, 0.1) is 5.56 Å². The average Bonchev–Trinajstić information content (AvgIpc) is 2.54. The number of nitrogens with zero attached hydrogens (tertiary/aromatic N) is 3. The van der Waals surface area contributed by atoms with Crippen LogP contribution in [0.5, 0.6) is 0 Å². The van der Waals surface area contributed by atoms with E-state index in [1.54, 1.807) is 0 Å². The standard InChI is InChI=1S/C12H13N7O6/c1-7-8(2-25-12(23)15-4-14-5-20)9(21)18-10(17-7)19-11(22)16-6-24-3-13/h2,4,6H2,1H3,(H,15,23)(H3,16,17,18,19,21,22). The second kappa shape index (κ2) is 9.98. The maximum Gasteiger partial charge on any atom is 0.408 e. The first-order chi connectivity index (χ1) is 12.0. The van der Waals surface area contributed by atoms with E-state index >= 15 is 0 Å². The second-order valence-electron chi connectivity index (χ2n) is 4.17. The number of nitrogens with one attached hydrogen (secondary N) is 4. The van der Waals surface area contributed by atoms with E-state index in [9.17, 15) is 19.2 Å². The van der Waals surface area contributed by atoms with E-state index in [4.69, 9.17) is 10.00 Å². The van der Waals surface area contributed by atoms with Gasteiger partial charge in [0.15, 0.2) is 6.73 Å². The molecule has 0 aliphatic heterocycles. The highest BCUT2D eigenvalue weighted by atomic mass is 16.5. The summed E-state index contributed by atoms with van der Waals surface area (Å²) in [5.74, 6) is -0.148. The lowest BCUT2D eigenvalue weighted by atomic mass is 10.2. The maximum atomic E-state index is 11.9. The van der Waals surface area contributed by atoms with Crippen molar-refractivity contribution in [3.8, 4) is 6.26 Å². The number of amides is 3. The van der Waals surface area contributed by atoms with Crippen molar-refractivity contribution >= 4 is 24.2 Å². The average molecular weight is 351 g/mol. The van der Waals surface area contributed by atoms with Crippen LogP contribution in [0.1, 0.15) is 11.3 Å². The van der Waals surface area contributed by atoms with Gasteiger partial charge in [0.1, 0.15) is 13.3 Å². The highest BCUT2D eigenvalue weighted by Gasteiger charge is 2.12. The Kier molecular flexibility index (Phi) is 7.64. The van der Waals surface area contributed by atoms with E-state index in [0.29, 0.717) is 5.69 Å². The number of urea groups is 1. The second-order valence-corrected chi connectivity index (χ2v) is 4.17. The zero-order valence-electron chi connectivity index (χ0n) is 12.9. The van der Waals surface area contributed by atoms with Crippen LogP contribution in [-0.2, 0) is 20.9 Å². The predicted octanol–water partition coefficient (Wildman–Crippen LogP) is -0.825. The number of hydrogen-bond donors (Lipinski definition) is 4. The molecule has 0 fully saturated rings. The monoisotopic (exact) mass is 351 g/mol. The van der Waals surface area contributed by atoms with E-state index < -0.39 is 17.7 Å². The fourth-order valence-corrected chi connectivity index (χ4v) is 1.45. The van der Waals surface area contributed by atoms with Gasteiger partial charge in [-0.15, -0.1) is 0 Å². The number of aromatic nitrogens is 2. The SMILES string of the molecule is Cc1[nH]c(NC(=O)NCOC#N)nc(=O)c1COC(=O)NCN=C=O. The Balaban J connectivity index is 2.65. The van der Waals surface area contributed by atoms with E-state index in [2.05, 4.69) is 35.6 Å².